The van der Waals surface area contributed by atoms with E-state index in [9.17, 15) is 0 Å². The van der Waals surface area contributed by atoms with Gasteiger partial charge in [-0.05, 0) is 44.2 Å². The number of benzene rings is 2. The summed E-state index contributed by atoms with van der Waals surface area (Å²) in [6.07, 6.45) is 0.106. The summed E-state index contributed by atoms with van der Waals surface area (Å²) < 4.78 is 11.5. The summed E-state index contributed by atoms with van der Waals surface area (Å²) >= 11 is 5.92. The molecule has 0 heterocycles. The highest BCUT2D eigenvalue weighted by Gasteiger charge is 2.07. The van der Waals surface area contributed by atoms with Gasteiger partial charge in [-0.3, -0.25) is 0 Å². The van der Waals surface area contributed by atoms with Gasteiger partial charge in [0.25, 0.3) is 0 Å². The van der Waals surface area contributed by atoms with Crippen molar-refractivity contribution in [3.8, 4) is 17.2 Å². The highest BCUT2D eigenvalue weighted by molar-refractivity contribution is 6.30. The van der Waals surface area contributed by atoms with Crippen molar-refractivity contribution in [2.45, 2.75) is 20.0 Å². The maximum atomic E-state index is 5.92. The fourth-order valence-electron chi connectivity index (χ4n) is 1.54. The molecule has 0 aliphatic heterocycles. The van der Waals surface area contributed by atoms with Gasteiger partial charge in [0.05, 0.1) is 6.10 Å². The van der Waals surface area contributed by atoms with Crippen molar-refractivity contribution in [3.05, 3.63) is 53.6 Å². The molecule has 2 aromatic carbocycles. The van der Waals surface area contributed by atoms with E-state index in [0.717, 1.165) is 5.75 Å². The number of hydrogen-bond acceptors (Lipinski definition) is 2. The van der Waals surface area contributed by atoms with Crippen LogP contribution in [0, 0.1) is 0 Å². The maximum Gasteiger partial charge on any atom is 0.169 e. The van der Waals surface area contributed by atoms with E-state index in [-0.39, 0.29) is 6.10 Å². The Balaban J connectivity index is 2.23. The predicted molar refractivity (Wildman–Crippen MR) is 73.7 cm³/mol. The Morgan fingerprint density at radius 2 is 1.67 bits per heavy atom. The normalized spacial score (nSPS) is 10.4. The van der Waals surface area contributed by atoms with Crippen molar-refractivity contribution in [1.29, 1.82) is 0 Å². The average Bonchev–Trinajstić information content (AvgIpc) is 2.31. The molecular weight excluding hydrogens is 248 g/mol. The van der Waals surface area contributed by atoms with Crippen molar-refractivity contribution in [1.82, 2.24) is 0 Å². The Hall–Kier alpha value is -1.67. The molecule has 0 bridgehead atoms. The van der Waals surface area contributed by atoms with Crippen LogP contribution in [-0.2, 0) is 0 Å². The molecule has 0 unspecified atom stereocenters. The Kier molecular flexibility index (Phi) is 4.11. The quantitative estimate of drug-likeness (QED) is 0.779. The smallest absolute Gasteiger partial charge is 0.169 e. The molecular formula is C15H15ClO2. The van der Waals surface area contributed by atoms with E-state index >= 15 is 0 Å². The number of ether oxygens (including phenoxy) is 2. The van der Waals surface area contributed by atoms with Gasteiger partial charge in [0.15, 0.2) is 11.5 Å². The maximum absolute atomic E-state index is 5.92. The molecule has 18 heavy (non-hydrogen) atoms. The molecule has 2 aromatic rings. The first kappa shape index (κ1) is 12.8. The Morgan fingerprint density at radius 1 is 0.944 bits per heavy atom. The van der Waals surface area contributed by atoms with Crippen LogP contribution in [0.2, 0.25) is 5.02 Å². The van der Waals surface area contributed by atoms with Crippen LogP contribution in [0.25, 0.3) is 0 Å². The third-order valence-electron chi connectivity index (χ3n) is 2.24. The first-order valence-electron chi connectivity index (χ1n) is 5.84. The standard InChI is InChI=1S/C15H15ClO2/c1-11(2)17-14-8-3-4-9-15(14)18-13-7-5-6-12(16)10-13/h3-11H,1-2H3. The largest absolute Gasteiger partial charge is 0.487 e. The second-order valence-electron chi connectivity index (χ2n) is 4.17. The van der Waals surface area contributed by atoms with Gasteiger partial charge in [0.1, 0.15) is 5.75 Å². The van der Waals surface area contributed by atoms with Crippen molar-refractivity contribution in [3.63, 3.8) is 0 Å². The molecule has 0 spiro atoms. The minimum Gasteiger partial charge on any atom is -0.487 e. The summed E-state index contributed by atoms with van der Waals surface area (Å²) in [5.74, 6) is 2.11. The molecule has 94 valence electrons. The number of para-hydroxylation sites is 2. The molecule has 0 saturated carbocycles. The molecule has 0 radical (unpaired) electrons. The van der Waals surface area contributed by atoms with Gasteiger partial charge < -0.3 is 9.47 Å². The fraction of sp³-hybridized carbons (Fsp3) is 0.200. The molecule has 0 atom stereocenters. The molecule has 0 aromatic heterocycles. The molecule has 0 amide bonds. The summed E-state index contributed by atoms with van der Waals surface area (Å²) in [6, 6.07) is 14.9. The number of halogens is 1. The summed E-state index contributed by atoms with van der Waals surface area (Å²) in [6.45, 7) is 3.96. The van der Waals surface area contributed by atoms with E-state index < -0.39 is 0 Å². The zero-order chi connectivity index (χ0) is 13.0. The van der Waals surface area contributed by atoms with Crippen LogP contribution in [0.1, 0.15) is 13.8 Å². The number of hydrogen-bond donors (Lipinski definition) is 0. The highest BCUT2D eigenvalue weighted by Crippen LogP contribution is 2.32. The zero-order valence-electron chi connectivity index (χ0n) is 10.4. The van der Waals surface area contributed by atoms with Crippen LogP contribution < -0.4 is 9.47 Å². The summed E-state index contributed by atoms with van der Waals surface area (Å²) in [4.78, 5) is 0. The van der Waals surface area contributed by atoms with Gasteiger partial charge in [-0.2, -0.15) is 0 Å². The van der Waals surface area contributed by atoms with E-state index in [0.29, 0.717) is 16.5 Å². The zero-order valence-corrected chi connectivity index (χ0v) is 11.1. The van der Waals surface area contributed by atoms with Gasteiger partial charge in [-0.25, -0.2) is 0 Å². The summed E-state index contributed by atoms with van der Waals surface area (Å²) in [7, 11) is 0. The Bertz CT molecular complexity index is 523. The van der Waals surface area contributed by atoms with E-state index in [4.69, 9.17) is 21.1 Å². The van der Waals surface area contributed by atoms with E-state index in [1.807, 2.05) is 56.3 Å². The second-order valence-corrected chi connectivity index (χ2v) is 4.61. The highest BCUT2D eigenvalue weighted by atomic mass is 35.5. The molecule has 0 fully saturated rings. The third-order valence-corrected chi connectivity index (χ3v) is 2.47. The van der Waals surface area contributed by atoms with Crippen LogP contribution in [0.5, 0.6) is 17.2 Å². The molecule has 0 N–H and O–H groups in total. The molecule has 2 rings (SSSR count). The fourth-order valence-corrected chi connectivity index (χ4v) is 1.72. The lowest BCUT2D eigenvalue weighted by Gasteiger charge is -2.14. The first-order valence-corrected chi connectivity index (χ1v) is 6.22. The monoisotopic (exact) mass is 262 g/mol. The van der Waals surface area contributed by atoms with Gasteiger partial charge in [-0.1, -0.05) is 29.8 Å². The van der Waals surface area contributed by atoms with Gasteiger partial charge >= 0.3 is 0 Å². The predicted octanol–water partition coefficient (Wildman–Crippen LogP) is 4.92. The van der Waals surface area contributed by atoms with Crippen LogP contribution in [-0.4, -0.2) is 6.10 Å². The first-order chi connectivity index (χ1) is 8.65. The van der Waals surface area contributed by atoms with E-state index in [1.54, 1.807) is 6.07 Å². The van der Waals surface area contributed by atoms with E-state index in [1.165, 1.54) is 0 Å². The van der Waals surface area contributed by atoms with Crippen molar-refractivity contribution in [2.75, 3.05) is 0 Å². The molecule has 3 heteroatoms. The lowest BCUT2D eigenvalue weighted by atomic mass is 10.3. The van der Waals surface area contributed by atoms with Gasteiger partial charge in [-0.15, -0.1) is 0 Å². The molecule has 0 aliphatic rings. The summed E-state index contributed by atoms with van der Waals surface area (Å²) in [5, 5.41) is 0.648. The van der Waals surface area contributed by atoms with Gasteiger partial charge in [0, 0.05) is 5.02 Å². The average molecular weight is 263 g/mol. The van der Waals surface area contributed by atoms with Crippen molar-refractivity contribution < 1.29 is 9.47 Å². The second kappa shape index (κ2) is 5.78. The lowest BCUT2D eigenvalue weighted by Crippen LogP contribution is -2.06. The molecule has 0 aliphatic carbocycles. The Morgan fingerprint density at radius 3 is 2.33 bits per heavy atom. The number of rotatable bonds is 4. The van der Waals surface area contributed by atoms with E-state index in [2.05, 4.69) is 0 Å². The van der Waals surface area contributed by atoms with Gasteiger partial charge in [0.2, 0.25) is 0 Å². The van der Waals surface area contributed by atoms with Crippen LogP contribution in [0.4, 0.5) is 0 Å². The molecule has 0 saturated heterocycles. The lowest BCUT2D eigenvalue weighted by molar-refractivity contribution is 0.233. The van der Waals surface area contributed by atoms with Crippen LogP contribution in [0.15, 0.2) is 48.5 Å². The minimum absolute atomic E-state index is 0.106. The Labute approximate surface area is 112 Å². The third kappa shape index (κ3) is 3.41. The van der Waals surface area contributed by atoms with Crippen molar-refractivity contribution >= 4 is 11.6 Å². The topological polar surface area (TPSA) is 18.5 Å². The minimum atomic E-state index is 0.106. The molecule has 2 nitrogen and oxygen atoms in total. The SMILES string of the molecule is CC(C)Oc1ccccc1Oc1cccc(Cl)c1. The van der Waals surface area contributed by atoms with Crippen molar-refractivity contribution in [2.24, 2.45) is 0 Å². The van der Waals surface area contributed by atoms with Crippen LogP contribution in [0.3, 0.4) is 0 Å². The summed E-state index contributed by atoms with van der Waals surface area (Å²) in [5.41, 5.74) is 0. The van der Waals surface area contributed by atoms with Crippen LogP contribution >= 0.6 is 11.6 Å².